The van der Waals surface area contributed by atoms with Gasteiger partial charge in [0.25, 0.3) is 0 Å². The zero-order chi connectivity index (χ0) is 10.7. The molecule has 0 nitrogen and oxygen atoms in total. The number of alkyl halides is 2. The summed E-state index contributed by atoms with van der Waals surface area (Å²) in [4.78, 5) is 0. The van der Waals surface area contributed by atoms with Crippen LogP contribution in [0.25, 0.3) is 0 Å². The van der Waals surface area contributed by atoms with E-state index in [2.05, 4.69) is 30.3 Å². The first-order chi connectivity index (χ1) is 7.18. The molecule has 0 radical (unpaired) electrons. The molecule has 1 aromatic rings. The highest BCUT2D eigenvalue weighted by molar-refractivity contribution is 6.50. The molecule has 1 fully saturated rings. The normalized spacial score (nSPS) is 22.7. The Labute approximate surface area is 102 Å². The smallest absolute Gasteiger partial charge is 0.101 e. The summed E-state index contributed by atoms with van der Waals surface area (Å²) in [6.45, 7) is 0. The zero-order valence-corrected chi connectivity index (χ0v) is 10.3. The third kappa shape index (κ3) is 3.39. The molecule has 1 saturated carbocycles. The fourth-order valence-electron chi connectivity index (χ4n) is 1.95. The van der Waals surface area contributed by atoms with Crippen LogP contribution in [0, 0.1) is 5.92 Å². The summed E-state index contributed by atoms with van der Waals surface area (Å²) in [5.74, 6) is 0.552. The van der Waals surface area contributed by atoms with Gasteiger partial charge < -0.3 is 0 Å². The fourth-order valence-corrected chi connectivity index (χ4v) is 2.54. The van der Waals surface area contributed by atoms with E-state index in [1.807, 2.05) is 0 Å². The highest BCUT2D eigenvalue weighted by atomic mass is 35.5. The second-order valence-electron chi connectivity index (χ2n) is 4.39. The number of halogens is 2. The van der Waals surface area contributed by atoms with E-state index >= 15 is 0 Å². The van der Waals surface area contributed by atoms with Crippen molar-refractivity contribution in [2.75, 3.05) is 0 Å². The van der Waals surface area contributed by atoms with E-state index in [-0.39, 0.29) is 4.33 Å². The standard InChI is InChI=1S/C13H16Cl2/c14-13(15)10-12(13)9-5-4-8-11-6-2-1-3-7-11/h1-3,6-7,12H,4-5,8-10H2. The van der Waals surface area contributed by atoms with Crippen LogP contribution in [0.4, 0.5) is 0 Å². The highest BCUT2D eigenvalue weighted by Crippen LogP contribution is 2.55. The molecule has 0 N–H and O–H groups in total. The van der Waals surface area contributed by atoms with Gasteiger partial charge in [-0.15, -0.1) is 23.2 Å². The van der Waals surface area contributed by atoms with Gasteiger partial charge in [-0.05, 0) is 37.2 Å². The van der Waals surface area contributed by atoms with Crippen molar-refractivity contribution < 1.29 is 0 Å². The van der Waals surface area contributed by atoms with Gasteiger partial charge >= 0.3 is 0 Å². The number of hydrogen-bond donors (Lipinski definition) is 0. The number of benzene rings is 1. The van der Waals surface area contributed by atoms with Crippen molar-refractivity contribution in [1.82, 2.24) is 0 Å². The summed E-state index contributed by atoms with van der Waals surface area (Å²) in [5.41, 5.74) is 1.43. The van der Waals surface area contributed by atoms with Gasteiger partial charge in [0.05, 0.1) is 0 Å². The first kappa shape index (κ1) is 11.3. The van der Waals surface area contributed by atoms with Crippen molar-refractivity contribution in [1.29, 1.82) is 0 Å². The number of unbranched alkanes of at least 4 members (excludes halogenated alkanes) is 1. The topological polar surface area (TPSA) is 0 Å². The number of hydrogen-bond acceptors (Lipinski definition) is 0. The van der Waals surface area contributed by atoms with E-state index in [1.54, 1.807) is 0 Å². The molecule has 2 heteroatoms. The van der Waals surface area contributed by atoms with Crippen LogP contribution in [0.3, 0.4) is 0 Å². The molecule has 1 aliphatic rings. The number of aryl methyl sites for hydroxylation is 1. The Morgan fingerprint density at radius 3 is 2.40 bits per heavy atom. The molecule has 1 atom stereocenters. The van der Waals surface area contributed by atoms with Gasteiger partial charge in [-0.25, -0.2) is 0 Å². The summed E-state index contributed by atoms with van der Waals surface area (Å²) in [6, 6.07) is 10.6. The lowest BCUT2D eigenvalue weighted by Crippen LogP contribution is -1.91. The minimum absolute atomic E-state index is 0.382. The first-order valence-corrected chi connectivity index (χ1v) is 6.36. The Balaban J connectivity index is 1.60. The average molecular weight is 243 g/mol. The summed E-state index contributed by atoms with van der Waals surface area (Å²) < 4.78 is -0.382. The van der Waals surface area contributed by atoms with E-state index in [0.29, 0.717) is 5.92 Å². The molecule has 0 amide bonds. The van der Waals surface area contributed by atoms with E-state index in [4.69, 9.17) is 23.2 Å². The summed E-state index contributed by atoms with van der Waals surface area (Å²) in [6.07, 6.45) is 5.82. The summed E-state index contributed by atoms with van der Waals surface area (Å²) in [5, 5.41) is 0. The first-order valence-electron chi connectivity index (χ1n) is 5.60. The molecular formula is C13H16Cl2. The van der Waals surface area contributed by atoms with Crippen molar-refractivity contribution >= 4 is 23.2 Å². The molecule has 0 spiro atoms. The van der Waals surface area contributed by atoms with Gasteiger partial charge in [-0.1, -0.05) is 36.8 Å². The Morgan fingerprint density at radius 1 is 1.13 bits per heavy atom. The minimum Gasteiger partial charge on any atom is -0.101 e. The van der Waals surface area contributed by atoms with Crippen LogP contribution < -0.4 is 0 Å². The molecule has 15 heavy (non-hydrogen) atoms. The van der Waals surface area contributed by atoms with Crippen LogP contribution in [-0.2, 0) is 6.42 Å². The van der Waals surface area contributed by atoms with Gasteiger partial charge in [0.2, 0.25) is 0 Å². The number of rotatable bonds is 5. The molecule has 1 unspecified atom stereocenters. The Morgan fingerprint density at radius 2 is 1.80 bits per heavy atom. The van der Waals surface area contributed by atoms with Crippen molar-refractivity contribution in [2.45, 2.75) is 36.4 Å². The molecule has 82 valence electrons. The average Bonchev–Trinajstić information content (AvgIpc) is 2.83. The molecule has 2 rings (SSSR count). The molecule has 1 aromatic carbocycles. The van der Waals surface area contributed by atoms with Gasteiger partial charge in [0.1, 0.15) is 4.33 Å². The minimum atomic E-state index is -0.382. The molecule has 0 aromatic heterocycles. The van der Waals surface area contributed by atoms with Crippen LogP contribution in [-0.4, -0.2) is 4.33 Å². The largest absolute Gasteiger partial charge is 0.121 e. The Kier molecular flexibility index (Phi) is 3.58. The Hall–Kier alpha value is -0.200. The van der Waals surface area contributed by atoms with Crippen molar-refractivity contribution in [2.24, 2.45) is 5.92 Å². The predicted molar refractivity (Wildman–Crippen MR) is 66.5 cm³/mol. The molecular weight excluding hydrogens is 227 g/mol. The zero-order valence-electron chi connectivity index (χ0n) is 8.76. The van der Waals surface area contributed by atoms with E-state index in [0.717, 1.165) is 6.42 Å². The van der Waals surface area contributed by atoms with Crippen LogP contribution in [0.1, 0.15) is 31.2 Å². The lowest BCUT2D eigenvalue weighted by atomic mass is 10.1. The van der Waals surface area contributed by atoms with E-state index in [1.165, 1.54) is 31.2 Å². The second kappa shape index (κ2) is 4.76. The van der Waals surface area contributed by atoms with E-state index in [9.17, 15) is 0 Å². The van der Waals surface area contributed by atoms with Crippen LogP contribution >= 0.6 is 23.2 Å². The van der Waals surface area contributed by atoms with Gasteiger partial charge in [0, 0.05) is 0 Å². The predicted octanol–water partition coefficient (Wildman–Crippen LogP) is 4.59. The quantitative estimate of drug-likeness (QED) is 0.524. The van der Waals surface area contributed by atoms with Gasteiger partial charge in [-0.2, -0.15) is 0 Å². The second-order valence-corrected chi connectivity index (χ2v) is 5.94. The van der Waals surface area contributed by atoms with Crippen LogP contribution in [0.15, 0.2) is 30.3 Å². The summed E-state index contributed by atoms with van der Waals surface area (Å²) >= 11 is 11.9. The van der Waals surface area contributed by atoms with Crippen molar-refractivity contribution in [3.63, 3.8) is 0 Å². The summed E-state index contributed by atoms with van der Waals surface area (Å²) in [7, 11) is 0. The highest BCUT2D eigenvalue weighted by Gasteiger charge is 2.50. The molecule has 0 aliphatic heterocycles. The lowest BCUT2D eigenvalue weighted by Gasteiger charge is -2.01. The van der Waals surface area contributed by atoms with Crippen LogP contribution in [0.5, 0.6) is 0 Å². The third-order valence-electron chi connectivity index (χ3n) is 3.07. The fraction of sp³-hybridized carbons (Fsp3) is 0.538. The van der Waals surface area contributed by atoms with Crippen molar-refractivity contribution in [3.8, 4) is 0 Å². The monoisotopic (exact) mass is 242 g/mol. The Bertz CT molecular complexity index is 306. The van der Waals surface area contributed by atoms with Gasteiger partial charge in [0.15, 0.2) is 0 Å². The molecule has 0 saturated heterocycles. The molecule has 0 heterocycles. The maximum absolute atomic E-state index is 5.97. The SMILES string of the molecule is ClC1(Cl)CC1CCCCc1ccccc1. The molecule has 1 aliphatic carbocycles. The third-order valence-corrected chi connectivity index (χ3v) is 3.99. The lowest BCUT2D eigenvalue weighted by molar-refractivity contribution is 0.624. The molecule has 0 bridgehead atoms. The maximum atomic E-state index is 5.97. The van der Waals surface area contributed by atoms with Crippen molar-refractivity contribution in [3.05, 3.63) is 35.9 Å². The maximum Gasteiger partial charge on any atom is 0.121 e. The van der Waals surface area contributed by atoms with E-state index < -0.39 is 0 Å². The van der Waals surface area contributed by atoms with Gasteiger partial charge in [-0.3, -0.25) is 0 Å². The van der Waals surface area contributed by atoms with Crippen LogP contribution in [0.2, 0.25) is 0 Å².